The fourth-order valence-corrected chi connectivity index (χ4v) is 2.44. The minimum absolute atomic E-state index is 0.103. The third kappa shape index (κ3) is 3.58. The molecule has 1 N–H and O–H groups in total. The van der Waals surface area contributed by atoms with Gasteiger partial charge in [0.05, 0.1) is 0 Å². The second-order valence-electron chi connectivity index (χ2n) is 4.58. The average molecular weight is 338 g/mol. The molecule has 2 aromatic rings. The minimum atomic E-state index is -0.251. The van der Waals surface area contributed by atoms with Crippen LogP contribution < -0.4 is 10.1 Å². The van der Waals surface area contributed by atoms with Crippen molar-refractivity contribution >= 4 is 15.9 Å². The van der Waals surface area contributed by atoms with Crippen molar-refractivity contribution in [2.24, 2.45) is 0 Å². The minimum Gasteiger partial charge on any atom is -0.488 e. The molecule has 0 bridgehead atoms. The Morgan fingerprint density at radius 2 is 2.00 bits per heavy atom. The molecule has 0 heterocycles. The fourth-order valence-electron chi connectivity index (χ4n) is 2.00. The first-order valence-electron chi connectivity index (χ1n) is 6.44. The van der Waals surface area contributed by atoms with Gasteiger partial charge in [-0.3, -0.25) is 0 Å². The zero-order valence-electron chi connectivity index (χ0n) is 11.5. The van der Waals surface area contributed by atoms with E-state index in [2.05, 4.69) is 21.2 Å². The van der Waals surface area contributed by atoms with E-state index < -0.39 is 0 Å². The van der Waals surface area contributed by atoms with E-state index in [0.29, 0.717) is 17.9 Å². The smallest absolute Gasteiger partial charge is 0.131 e. The lowest BCUT2D eigenvalue weighted by Crippen LogP contribution is -2.15. The van der Waals surface area contributed by atoms with E-state index in [1.165, 1.54) is 6.07 Å². The maximum Gasteiger partial charge on any atom is 0.131 e. The summed E-state index contributed by atoms with van der Waals surface area (Å²) in [7, 11) is 1.80. The molecule has 0 radical (unpaired) electrons. The van der Waals surface area contributed by atoms with E-state index in [0.717, 1.165) is 10.0 Å². The Kier molecular flexibility index (Phi) is 5.15. The van der Waals surface area contributed by atoms with Gasteiger partial charge in [0.25, 0.3) is 0 Å². The summed E-state index contributed by atoms with van der Waals surface area (Å²) in [4.78, 5) is 0. The highest BCUT2D eigenvalue weighted by molar-refractivity contribution is 9.10. The van der Waals surface area contributed by atoms with Crippen molar-refractivity contribution in [1.82, 2.24) is 5.32 Å². The Morgan fingerprint density at radius 1 is 1.25 bits per heavy atom. The van der Waals surface area contributed by atoms with Crippen molar-refractivity contribution < 1.29 is 9.13 Å². The third-order valence-corrected chi connectivity index (χ3v) is 3.66. The molecule has 0 aliphatic heterocycles. The van der Waals surface area contributed by atoms with Crippen molar-refractivity contribution in [3.63, 3.8) is 0 Å². The predicted octanol–water partition coefficient (Wildman–Crippen LogP) is 4.45. The van der Waals surface area contributed by atoms with Crippen molar-refractivity contribution in [2.75, 3.05) is 7.05 Å². The molecule has 1 unspecified atom stereocenters. The van der Waals surface area contributed by atoms with E-state index in [-0.39, 0.29) is 11.9 Å². The molecular formula is C16H17BrFNO. The normalized spacial score (nSPS) is 12.2. The topological polar surface area (TPSA) is 21.3 Å². The SMILES string of the molecule is CNC(C)c1c(F)cccc1OCc1cccc(Br)c1. The molecule has 0 saturated carbocycles. The molecule has 4 heteroatoms. The van der Waals surface area contributed by atoms with Crippen LogP contribution in [0.5, 0.6) is 5.75 Å². The van der Waals surface area contributed by atoms with E-state index in [1.54, 1.807) is 19.2 Å². The summed E-state index contributed by atoms with van der Waals surface area (Å²) in [5.41, 5.74) is 1.59. The lowest BCUT2D eigenvalue weighted by molar-refractivity contribution is 0.297. The molecule has 0 saturated heterocycles. The highest BCUT2D eigenvalue weighted by Crippen LogP contribution is 2.28. The molecular weight excluding hydrogens is 321 g/mol. The summed E-state index contributed by atoms with van der Waals surface area (Å²) in [5.74, 6) is 0.324. The van der Waals surface area contributed by atoms with Gasteiger partial charge in [-0.25, -0.2) is 4.39 Å². The van der Waals surface area contributed by atoms with Gasteiger partial charge in [-0.15, -0.1) is 0 Å². The number of halogens is 2. The number of hydrogen-bond acceptors (Lipinski definition) is 2. The molecule has 0 spiro atoms. The van der Waals surface area contributed by atoms with Crippen molar-refractivity contribution in [3.05, 3.63) is 63.9 Å². The molecule has 0 aliphatic carbocycles. The van der Waals surface area contributed by atoms with Gasteiger partial charge in [0.1, 0.15) is 18.2 Å². The average Bonchev–Trinajstić information content (AvgIpc) is 2.44. The Morgan fingerprint density at radius 3 is 2.70 bits per heavy atom. The highest BCUT2D eigenvalue weighted by Gasteiger charge is 2.15. The quantitative estimate of drug-likeness (QED) is 0.870. The highest BCUT2D eigenvalue weighted by atomic mass is 79.9. The van der Waals surface area contributed by atoms with Crippen LogP contribution in [0.4, 0.5) is 4.39 Å². The second kappa shape index (κ2) is 6.86. The third-order valence-electron chi connectivity index (χ3n) is 3.16. The maximum atomic E-state index is 13.9. The van der Waals surface area contributed by atoms with Crippen LogP contribution in [0, 0.1) is 5.82 Å². The van der Waals surface area contributed by atoms with Crippen LogP contribution in [0.3, 0.4) is 0 Å². The van der Waals surface area contributed by atoms with Gasteiger partial charge in [-0.2, -0.15) is 0 Å². The fraction of sp³-hybridized carbons (Fsp3) is 0.250. The Balaban J connectivity index is 2.19. The van der Waals surface area contributed by atoms with E-state index in [1.807, 2.05) is 31.2 Å². The van der Waals surface area contributed by atoms with Crippen LogP contribution in [0.25, 0.3) is 0 Å². The summed E-state index contributed by atoms with van der Waals surface area (Å²) in [6.45, 7) is 2.32. The number of nitrogens with one attached hydrogen (secondary N) is 1. The number of hydrogen-bond donors (Lipinski definition) is 1. The Hall–Kier alpha value is -1.39. The van der Waals surface area contributed by atoms with Crippen LogP contribution in [-0.2, 0) is 6.61 Å². The summed E-state index contributed by atoms with van der Waals surface area (Å²) < 4.78 is 20.7. The van der Waals surface area contributed by atoms with Gasteiger partial charge in [0.2, 0.25) is 0 Å². The number of benzene rings is 2. The summed E-state index contributed by atoms with van der Waals surface area (Å²) in [5, 5.41) is 3.04. The Bertz CT molecular complexity index is 588. The van der Waals surface area contributed by atoms with Crippen LogP contribution in [0.1, 0.15) is 24.1 Å². The summed E-state index contributed by atoms with van der Waals surface area (Å²) >= 11 is 3.42. The first-order valence-corrected chi connectivity index (χ1v) is 7.24. The molecule has 0 fully saturated rings. The van der Waals surface area contributed by atoms with Crippen LogP contribution in [-0.4, -0.2) is 7.05 Å². The first-order chi connectivity index (χ1) is 9.61. The Labute approximate surface area is 127 Å². The van der Waals surface area contributed by atoms with Crippen molar-refractivity contribution in [3.8, 4) is 5.75 Å². The molecule has 2 nitrogen and oxygen atoms in total. The van der Waals surface area contributed by atoms with Gasteiger partial charge in [-0.05, 0) is 43.8 Å². The maximum absolute atomic E-state index is 13.9. The van der Waals surface area contributed by atoms with E-state index >= 15 is 0 Å². The van der Waals surface area contributed by atoms with Crippen LogP contribution in [0.15, 0.2) is 46.9 Å². The molecule has 106 valence electrons. The summed E-state index contributed by atoms with van der Waals surface area (Å²) in [6.07, 6.45) is 0. The second-order valence-corrected chi connectivity index (χ2v) is 5.50. The molecule has 0 amide bonds. The van der Waals surface area contributed by atoms with Gasteiger partial charge < -0.3 is 10.1 Å². The van der Waals surface area contributed by atoms with Crippen molar-refractivity contribution in [2.45, 2.75) is 19.6 Å². The zero-order valence-corrected chi connectivity index (χ0v) is 13.1. The van der Waals surface area contributed by atoms with Crippen molar-refractivity contribution in [1.29, 1.82) is 0 Å². The van der Waals surface area contributed by atoms with Gasteiger partial charge in [0, 0.05) is 16.1 Å². The first kappa shape index (κ1) is 15.0. The molecule has 0 aromatic heterocycles. The molecule has 0 aliphatic rings. The molecule has 1 atom stereocenters. The monoisotopic (exact) mass is 337 g/mol. The summed E-state index contributed by atoms with van der Waals surface area (Å²) in [6, 6.07) is 12.7. The van der Waals surface area contributed by atoms with Gasteiger partial charge in [-0.1, -0.05) is 34.1 Å². The van der Waals surface area contributed by atoms with Gasteiger partial charge in [0.15, 0.2) is 0 Å². The van der Waals surface area contributed by atoms with Crippen LogP contribution >= 0.6 is 15.9 Å². The largest absolute Gasteiger partial charge is 0.488 e. The lowest BCUT2D eigenvalue weighted by atomic mass is 10.1. The predicted molar refractivity (Wildman–Crippen MR) is 82.3 cm³/mol. The number of ether oxygens (including phenoxy) is 1. The zero-order chi connectivity index (χ0) is 14.5. The van der Waals surface area contributed by atoms with E-state index in [4.69, 9.17) is 4.74 Å². The molecule has 2 rings (SSSR count). The molecule has 20 heavy (non-hydrogen) atoms. The number of rotatable bonds is 5. The van der Waals surface area contributed by atoms with Gasteiger partial charge >= 0.3 is 0 Å². The molecule has 2 aromatic carbocycles. The lowest BCUT2D eigenvalue weighted by Gasteiger charge is -2.17. The van der Waals surface area contributed by atoms with E-state index in [9.17, 15) is 4.39 Å². The standard InChI is InChI=1S/C16H17BrFNO/c1-11(19-2)16-14(18)7-4-8-15(16)20-10-12-5-3-6-13(17)9-12/h3-9,11,19H,10H2,1-2H3. The van der Waals surface area contributed by atoms with Crippen LogP contribution in [0.2, 0.25) is 0 Å².